The Balaban J connectivity index is 2.11. The molecule has 3 nitrogen and oxygen atoms in total. The number of piperidine rings is 1. The standard InChI is InChI=1S/C16H23N3/c1-13-6-5-9-16(11-18)19(13)12-15(10-17)14-7-3-2-4-8-14/h2-4,7-8,13,15-16H,5-6,9,11-12,18H2,1H3. The van der Waals surface area contributed by atoms with Crippen LogP contribution in [0.2, 0.25) is 0 Å². The van der Waals surface area contributed by atoms with Crippen molar-refractivity contribution in [3.63, 3.8) is 0 Å². The van der Waals surface area contributed by atoms with Crippen molar-refractivity contribution in [1.82, 2.24) is 4.90 Å². The second kappa shape index (κ2) is 6.70. The third-order valence-electron chi connectivity index (χ3n) is 4.22. The molecule has 0 saturated carbocycles. The van der Waals surface area contributed by atoms with E-state index in [0.717, 1.165) is 18.5 Å². The summed E-state index contributed by atoms with van der Waals surface area (Å²) in [6, 6.07) is 13.5. The van der Waals surface area contributed by atoms with Crippen LogP contribution in [-0.4, -0.2) is 30.1 Å². The van der Waals surface area contributed by atoms with E-state index in [0.29, 0.717) is 18.6 Å². The van der Waals surface area contributed by atoms with Gasteiger partial charge in [-0.15, -0.1) is 0 Å². The molecule has 1 aliphatic heterocycles. The maximum Gasteiger partial charge on any atom is 0.0839 e. The molecular formula is C16H23N3. The molecule has 3 unspecified atom stereocenters. The van der Waals surface area contributed by atoms with Crippen LogP contribution in [0, 0.1) is 11.3 Å². The molecule has 3 atom stereocenters. The van der Waals surface area contributed by atoms with Crippen LogP contribution in [0.25, 0.3) is 0 Å². The van der Waals surface area contributed by atoms with E-state index in [9.17, 15) is 5.26 Å². The van der Waals surface area contributed by atoms with Crippen LogP contribution < -0.4 is 5.73 Å². The second-order valence-corrected chi connectivity index (χ2v) is 5.46. The molecule has 19 heavy (non-hydrogen) atoms. The highest BCUT2D eigenvalue weighted by atomic mass is 15.2. The molecule has 0 bridgehead atoms. The minimum Gasteiger partial charge on any atom is -0.329 e. The number of rotatable bonds is 4. The first-order valence-electron chi connectivity index (χ1n) is 7.16. The summed E-state index contributed by atoms with van der Waals surface area (Å²) in [7, 11) is 0. The summed E-state index contributed by atoms with van der Waals surface area (Å²) in [4.78, 5) is 2.43. The molecule has 1 heterocycles. The van der Waals surface area contributed by atoms with E-state index in [1.807, 2.05) is 30.3 Å². The summed E-state index contributed by atoms with van der Waals surface area (Å²) in [5, 5.41) is 9.45. The Bertz CT molecular complexity index is 423. The molecule has 2 rings (SSSR count). The smallest absolute Gasteiger partial charge is 0.0839 e. The van der Waals surface area contributed by atoms with Crippen LogP contribution in [0.3, 0.4) is 0 Å². The van der Waals surface area contributed by atoms with E-state index in [1.165, 1.54) is 12.8 Å². The summed E-state index contributed by atoms with van der Waals surface area (Å²) in [6.45, 7) is 3.74. The molecule has 0 aromatic heterocycles. The second-order valence-electron chi connectivity index (χ2n) is 5.46. The molecule has 0 aliphatic carbocycles. The van der Waals surface area contributed by atoms with Gasteiger partial charge in [-0.1, -0.05) is 36.8 Å². The zero-order valence-corrected chi connectivity index (χ0v) is 11.6. The highest BCUT2D eigenvalue weighted by Gasteiger charge is 2.29. The van der Waals surface area contributed by atoms with Gasteiger partial charge in [-0.25, -0.2) is 0 Å². The third kappa shape index (κ3) is 3.34. The lowest BCUT2D eigenvalue weighted by molar-refractivity contribution is 0.0950. The first-order valence-corrected chi connectivity index (χ1v) is 7.16. The predicted octanol–water partition coefficient (Wildman–Crippen LogP) is 2.50. The summed E-state index contributed by atoms with van der Waals surface area (Å²) in [5.74, 6) is -0.0594. The molecule has 0 spiro atoms. The molecular weight excluding hydrogens is 234 g/mol. The molecule has 1 fully saturated rings. The highest BCUT2D eigenvalue weighted by molar-refractivity contribution is 5.25. The van der Waals surface area contributed by atoms with Crippen LogP contribution in [0.1, 0.15) is 37.7 Å². The lowest BCUT2D eigenvalue weighted by atomic mass is 9.92. The van der Waals surface area contributed by atoms with Crippen molar-refractivity contribution < 1.29 is 0 Å². The first-order chi connectivity index (χ1) is 9.26. The Morgan fingerprint density at radius 1 is 1.37 bits per heavy atom. The van der Waals surface area contributed by atoms with Gasteiger partial charge in [0.15, 0.2) is 0 Å². The van der Waals surface area contributed by atoms with Crippen molar-refractivity contribution in [2.45, 2.75) is 44.2 Å². The fraction of sp³-hybridized carbons (Fsp3) is 0.562. The minimum atomic E-state index is -0.0594. The van der Waals surface area contributed by atoms with Crippen molar-refractivity contribution in [3.8, 4) is 6.07 Å². The number of hydrogen-bond acceptors (Lipinski definition) is 3. The Morgan fingerprint density at radius 2 is 2.11 bits per heavy atom. The first kappa shape index (κ1) is 14.0. The van der Waals surface area contributed by atoms with E-state index in [4.69, 9.17) is 5.73 Å². The lowest BCUT2D eigenvalue weighted by Gasteiger charge is -2.41. The van der Waals surface area contributed by atoms with E-state index >= 15 is 0 Å². The number of nitrogens with zero attached hydrogens (tertiary/aromatic N) is 2. The summed E-state index contributed by atoms with van der Waals surface area (Å²) in [6.07, 6.45) is 3.62. The lowest BCUT2D eigenvalue weighted by Crippen LogP contribution is -2.50. The number of likely N-dealkylation sites (tertiary alicyclic amines) is 1. The van der Waals surface area contributed by atoms with Gasteiger partial charge in [0.25, 0.3) is 0 Å². The number of nitrogens with two attached hydrogens (primary N) is 1. The maximum atomic E-state index is 9.45. The minimum absolute atomic E-state index is 0.0594. The third-order valence-corrected chi connectivity index (χ3v) is 4.22. The van der Waals surface area contributed by atoms with Gasteiger partial charge in [0.05, 0.1) is 12.0 Å². The van der Waals surface area contributed by atoms with E-state index < -0.39 is 0 Å². The van der Waals surface area contributed by atoms with Crippen molar-refractivity contribution in [3.05, 3.63) is 35.9 Å². The molecule has 3 heteroatoms. The Kier molecular flexibility index (Phi) is 4.95. The van der Waals surface area contributed by atoms with E-state index in [1.54, 1.807) is 0 Å². The van der Waals surface area contributed by atoms with Gasteiger partial charge in [-0.05, 0) is 25.3 Å². The van der Waals surface area contributed by atoms with Gasteiger partial charge in [0.2, 0.25) is 0 Å². The SMILES string of the molecule is CC1CCCC(CN)N1CC(C#N)c1ccccc1. The molecule has 1 aromatic rings. The summed E-state index contributed by atoms with van der Waals surface area (Å²) in [5.41, 5.74) is 7.00. The molecule has 2 N–H and O–H groups in total. The summed E-state index contributed by atoms with van der Waals surface area (Å²) < 4.78 is 0. The number of hydrogen-bond donors (Lipinski definition) is 1. The zero-order valence-electron chi connectivity index (χ0n) is 11.6. The molecule has 102 valence electrons. The number of nitriles is 1. The average molecular weight is 257 g/mol. The van der Waals surface area contributed by atoms with Crippen LogP contribution >= 0.6 is 0 Å². The average Bonchev–Trinajstić information content (AvgIpc) is 2.46. The van der Waals surface area contributed by atoms with E-state index in [-0.39, 0.29) is 5.92 Å². The van der Waals surface area contributed by atoms with E-state index in [2.05, 4.69) is 17.9 Å². The van der Waals surface area contributed by atoms with Gasteiger partial charge in [0, 0.05) is 25.2 Å². The van der Waals surface area contributed by atoms with Gasteiger partial charge in [0.1, 0.15) is 0 Å². The zero-order chi connectivity index (χ0) is 13.7. The van der Waals surface area contributed by atoms with Gasteiger partial charge < -0.3 is 5.73 Å². The molecule has 0 radical (unpaired) electrons. The Morgan fingerprint density at radius 3 is 2.74 bits per heavy atom. The maximum absolute atomic E-state index is 9.45. The largest absolute Gasteiger partial charge is 0.329 e. The molecule has 1 aliphatic rings. The van der Waals surface area contributed by atoms with Crippen molar-refractivity contribution in [2.75, 3.05) is 13.1 Å². The Hall–Kier alpha value is -1.37. The summed E-state index contributed by atoms with van der Waals surface area (Å²) >= 11 is 0. The van der Waals surface area contributed by atoms with Crippen LogP contribution in [0.4, 0.5) is 0 Å². The Labute approximate surface area is 116 Å². The van der Waals surface area contributed by atoms with Crippen molar-refractivity contribution in [1.29, 1.82) is 5.26 Å². The molecule has 1 aromatic carbocycles. The van der Waals surface area contributed by atoms with Crippen molar-refractivity contribution in [2.24, 2.45) is 5.73 Å². The number of benzene rings is 1. The highest BCUT2D eigenvalue weighted by Crippen LogP contribution is 2.26. The predicted molar refractivity (Wildman–Crippen MR) is 77.7 cm³/mol. The monoisotopic (exact) mass is 257 g/mol. The van der Waals surface area contributed by atoms with Crippen LogP contribution in [0.15, 0.2) is 30.3 Å². The van der Waals surface area contributed by atoms with Crippen LogP contribution in [-0.2, 0) is 0 Å². The quantitative estimate of drug-likeness (QED) is 0.901. The normalized spacial score (nSPS) is 25.7. The van der Waals surface area contributed by atoms with Gasteiger partial charge in [-0.3, -0.25) is 4.90 Å². The molecule has 1 saturated heterocycles. The van der Waals surface area contributed by atoms with Crippen molar-refractivity contribution >= 4 is 0 Å². The van der Waals surface area contributed by atoms with Crippen LogP contribution in [0.5, 0.6) is 0 Å². The fourth-order valence-electron chi connectivity index (χ4n) is 3.04. The van der Waals surface area contributed by atoms with Gasteiger partial charge >= 0.3 is 0 Å². The molecule has 0 amide bonds. The topological polar surface area (TPSA) is 53.0 Å². The van der Waals surface area contributed by atoms with Gasteiger partial charge in [-0.2, -0.15) is 5.26 Å². The fourth-order valence-corrected chi connectivity index (χ4v) is 3.04.